The van der Waals surface area contributed by atoms with Gasteiger partial charge in [-0.05, 0) is 35.9 Å². The number of hydrogen-bond acceptors (Lipinski definition) is 5. The number of hydrogen-bond donors (Lipinski definition) is 0. The van der Waals surface area contributed by atoms with Gasteiger partial charge in [0.15, 0.2) is 11.5 Å². The fourth-order valence-corrected chi connectivity index (χ4v) is 4.43. The van der Waals surface area contributed by atoms with E-state index in [1.54, 1.807) is 43.5 Å². The summed E-state index contributed by atoms with van der Waals surface area (Å²) in [6, 6.07) is 8.65. The van der Waals surface area contributed by atoms with Crippen LogP contribution in [0, 0.1) is 0 Å². The number of halogens is 3. The van der Waals surface area contributed by atoms with Crippen LogP contribution in [0.2, 0.25) is 15.1 Å². The maximum Gasteiger partial charge on any atom is 0.265 e. The summed E-state index contributed by atoms with van der Waals surface area (Å²) in [7, 11) is 3.15. The van der Waals surface area contributed by atoms with Crippen molar-refractivity contribution in [3.8, 4) is 11.5 Å². The lowest BCUT2D eigenvalue weighted by atomic mass is 10.1. The van der Waals surface area contributed by atoms with Crippen molar-refractivity contribution in [2.45, 2.75) is 6.61 Å². The highest BCUT2D eigenvalue weighted by molar-refractivity contribution is 8.26. The van der Waals surface area contributed by atoms with Crippen molar-refractivity contribution in [2.24, 2.45) is 0 Å². The molecule has 2 aromatic rings. The number of rotatable bonds is 5. The molecule has 0 unspecified atom stereocenters. The Balaban J connectivity index is 1.88. The first-order valence-electron chi connectivity index (χ1n) is 7.96. The normalized spacial score (nSPS) is 15.5. The second-order valence-corrected chi connectivity index (χ2v) is 8.66. The molecule has 0 radical (unpaired) electrons. The molecule has 1 amide bonds. The number of carbonyl (C=O) groups excluding carboxylic acids is 1. The average molecular weight is 475 g/mol. The molecule has 1 aliphatic rings. The number of nitrogens with zero attached hydrogens (tertiary/aromatic N) is 1. The van der Waals surface area contributed by atoms with E-state index in [0.717, 1.165) is 0 Å². The Labute approximate surface area is 187 Å². The molecule has 28 heavy (non-hydrogen) atoms. The lowest BCUT2D eigenvalue weighted by molar-refractivity contribution is -0.121. The predicted molar refractivity (Wildman–Crippen MR) is 120 cm³/mol. The maximum absolute atomic E-state index is 12.2. The third-order valence-corrected chi connectivity index (χ3v) is 6.43. The smallest absolute Gasteiger partial charge is 0.265 e. The van der Waals surface area contributed by atoms with Crippen LogP contribution < -0.4 is 9.47 Å². The minimum Gasteiger partial charge on any atom is -0.493 e. The van der Waals surface area contributed by atoms with E-state index >= 15 is 0 Å². The van der Waals surface area contributed by atoms with Crippen LogP contribution in [-0.2, 0) is 11.4 Å². The lowest BCUT2D eigenvalue weighted by Gasteiger charge is -2.15. The number of benzene rings is 2. The first kappa shape index (κ1) is 21.3. The Kier molecular flexibility index (Phi) is 6.78. The van der Waals surface area contributed by atoms with Crippen LogP contribution in [-0.4, -0.2) is 29.3 Å². The topological polar surface area (TPSA) is 38.8 Å². The number of methoxy groups -OCH3 is 1. The van der Waals surface area contributed by atoms with Gasteiger partial charge in [-0.3, -0.25) is 9.69 Å². The van der Waals surface area contributed by atoms with Crippen molar-refractivity contribution in [1.29, 1.82) is 0 Å². The van der Waals surface area contributed by atoms with Gasteiger partial charge in [-0.2, -0.15) is 0 Å². The zero-order valence-corrected chi connectivity index (χ0v) is 18.7. The second kappa shape index (κ2) is 8.93. The first-order chi connectivity index (χ1) is 13.3. The Bertz CT molecular complexity index is 974. The van der Waals surface area contributed by atoms with Gasteiger partial charge in [0.05, 0.1) is 17.0 Å². The van der Waals surface area contributed by atoms with Gasteiger partial charge in [0, 0.05) is 22.7 Å². The number of likely N-dealkylation sites (N-methyl/N-ethyl adjacent to an activating group) is 1. The molecule has 1 fully saturated rings. The van der Waals surface area contributed by atoms with E-state index in [2.05, 4.69) is 0 Å². The van der Waals surface area contributed by atoms with E-state index in [1.807, 2.05) is 0 Å². The van der Waals surface area contributed by atoms with Gasteiger partial charge in [-0.15, -0.1) is 0 Å². The van der Waals surface area contributed by atoms with Crippen LogP contribution in [0.5, 0.6) is 11.5 Å². The monoisotopic (exact) mass is 473 g/mol. The molecule has 0 spiro atoms. The molecule has 1 aliphatic heterocycles. The molecule has 0 aromatic heterocycles. The SMILES string of the molecule is COc1cc(C=C2SC(=S)N(C)C2=O)cc(Cl)c1OCc1c(Cl)cccc1Cl. The van der Waals surface area contributed by atoms with Gasteiger partial charge in [-0.1, -0.05) is 64.8 Å². The number of carbonyl (C=O) groups is 1. The number of thiocarbonyl (C=S) groups is 1. The van der Waals surface area contributed by atoms with Crippen LogP contribution in [0.3, 0.4) is 0 Å². The van der Waals surface area contributed by atoms with E-state index in [-0.39, 0.29) is 12.5 Å². The minimum absolute atomic E-state index is 0.127. The molecule has 0 atom stereocenters. The van der Waals surface area contributed by atoms with Gasteiger partial charge in [0.1, 0.15) is 10.9 Å². The summed E-state index contributed by atoms with van der Waals surface area (Å²) in [6.45, 7) is 0.127. The molecule has 0 saturated carbocycles. The summed E-state index contributed by atoms with van der Waals surface area (Å²) in [5, 5.41) is 1.34. The Morgan fingerprint density at radius 1 is 1.18 bits per heavy atom. The van der Waals surface area contributed by atoms with Gasteiger partial charge >= 0.3 is 0 Å². The van der Waals surface area contributed by atoms with Crippen molar-refractivity contribution in [3.05, 3.63) is 61.4 Å². The fourth-order valence-electron chi connectivity index (χ4n) is 2.47. The molecular formula is C19H14Cl3NO3S2. The number of thioether (sulfide) groups is 1. The van der Waals surface area contributed by atoms with Crippen LogP contribution in [0.4, 0.5) is 0 Å². The Hall–Kier alpha value is -1.44. The van der Waals surface area contributed by atoms with Gasteiger partial charge < -0.3 is 9.47 Å². The van der Waals surface area contributed by atoms with Crippen molar-refractivity contribution in [1.82, 2.24) is 4.90 Å². The summed E-state index contributed by atoms with van der Waals surface area (Å²) < 4.78 is 11.8. The van der Waals surface area contributed by atoms with Crippen LogP contribution in [0.25, 0.3) is 6.08 Å². The van der Waals surface area contributed by atoms with E-state index in [1.165, 1.54) is 23.8 Å². The van der Waals surface area contributed by atoms with Crippen molar-refractivity contribution in [3.63, 3.8) is 0 Å². The van der Waals surface area contributed by atoms with Gasteiger partial charge in [0.2, 0.25) is 0 Å². The highest BCUT2D eigenvalue weighted by Gasteiger charge is 2.28. The summed E-state index contributed by atoms with van der Waals surface area (Å²) in [6.07, 6.45) is 1.71. The summed E-state index contributed by atoms with van der Waals surface area (Å²) in [5.41, 5.74) is 1.35. The maximum atomic E-state index is 12.2. The molecule has 3 rings (SSSR count). The molecule has 1 heterocycles. The molecule has 0 aliphatic carbocycles. The highest BCUT2D eigenvalue weighted by Crippen LogP contribution is 2.39. The summed E-state index contributed by atoms with van der Waals surface area (Å²) in [4.78, 5) is 14.1. The van der Waals surface area contributed by atoms with Gasteiger partial charge in [-0.25, -0.2) is 0 Å². The number of amides is 1. The van der Waals surface area contributed by atoms with E-state index in [0.29, 0.717) is 46.9 Å². The van der Waals surface area contributed by atoms with Crippen molar-refractivity contribution in [2.75, 3.05) is 14.2 Å². The fraction of sp³-hybridized carbons (Fsp3) is 0.158. The van der Waals surface area contributed by atoms with Crippen LogP contribution in [0.1, 0.15) is 11.1 Å². The van der Waals surface area contributed by atoms with Crippen LogP contribution in [0.15, 0.2) is 35.2 Å². The molecule has 4 nitrogen and oxygen atoms in total. The molecular weight excluding hydrogens is 461 g/mol. The predicted octanol–water partition coefficient (Wildman–Crippen LogP) is 6.07. The standard InChI is InChI=1S/C19H14Cl3NO3S2/c1-23-18(24)16(28-19(23)27)8-10-6-14(22)17(15(7-10)25-2)26-9-11-12(20)4-3-5-13(11)21/h3-8H,9H2,1-2H3. The summed E-state index contributed by atoms with van der Waals surface area (Å²) >= 11 is 25.2. The second-order valence-electron chi connectivity index (χ2n) is 5.76. The zero-order chi connectivity index (χ0) is 20.4. The molecule has 2 aromatic carbocycles. The highest BCUT2D eigenvalue weighted by atomic mass is 35.5. The molecule has 0 N–H and O–H groups in total. The average Bonchev–Trinajstić information content (AvgIpc) is 2.89. The van der Waals surface area contributed by atoms with Crippen molar-refractivity contribution >= 4 is 75.1 Å². The molecule has 146 valence electrons. The quantitative estimate of drug-likeness (QED) is 0.389. The summed E-state index contributed by atoms with van der Waals surface area (Å²) in [5.74, 6) is 0.632. The Morgan fingerprint density at radius 3 is 2.43 bits per heavy atom. The van der Waals surface area contributed by atoms with Gasteiger partial charge in [0.25, 0.3) is 5.91 Å². The minimum atomic E-state index is -0.154. The number of ether oxygens (including phenoxy) is 2. The van der Waals surface area contributed by atoms with E-state index < -0.39 is 0 Å². The molecule has 1 saturated heterocycles. The molecule has 0 bridgehead atoms. The van der Waals surface area contributed by atoms with Crippen LogP contribution >= 0.6 is 58.8 Å². The van der Waals surface area contributed by atoms with E-state index in [9.17, 15) is 4.79 Å². The van der Waals surface area contributed by atoms with E-state index in [4.69, 9.17) is 56.5 Å². The Morgan fingerprint density at radius 2 is 1.86 bits per heavy atom. The lowest BCUT2D eigenvalue weighted by Crippen LogP contribution is -2.22. The third kappa shape index (κ3) is 4.42. The zero-order valence-electron chi connectivity index (χ0n) is 14.8. The van der Waals surface area contributed by atoms with Crippen molar-refractivity contribution < 1.29 is 14.3 Å². The molecule has 9 heteroatoms. The largest absolute Gasteiger partial charge is 0.493 e. The first-order valence-corrected chi connectivity index (χ1v) is 10.3. The third-order valence-electron chi connectivity index (χ3n) is 3.96.